The molecule has 2 aromatic carbocycles. The third-order valence-electron chi connectivity index (χ3n) is 4.68. The third-order valence-corrected chi connectivity index (χ3v) is 5.28. The number of fused-ring (bicyclic) bond motifs is 1. The Kier molecular flexibility index (Phi) is 4.42. The van der Waals surface area contributed by atoms with E-state index < -0.39 is 0 Å². The van der Waals surface area contributed by atoms with Gasteiger partial charge in [0.25, 0.3) is 0 Å². The van der Waals surface area contributed by atoms with Crippen molar-refractivity contribution < 1.29 is 4.79 Å². The monoisotopic (exact) mass is 386 g/mol. The number of hydrogen-bond acceptors (Lipinski definition) is 3. The van der Waals surface area contributed by atoms with Gasteiger partial charge in [-0.05, 0) is 35.7 Å². The lowest BCUT2D eigenvalue weighted by molar-refractivity contribution is -0.117. The van der Waals surface area contributed by atoms with E-state index >= 15 is 0 Å². The molecule has 0 aliphatic carbocycles. The molecular weight excluding hydrogens is 371 g/mol. The average molecular weight is 387 g/mol. The molecule has 2 heterocycles. The van der Waals surface area contributed by atoms with Gasteiger partial charge in [-0.3, -0.25) is 9.69 Å². The van der Waals surface area contributed by atoms with Gasteiger partial charge >= 0.3 is 0 Å². The van der Waals surface area contributed by atoms with E-state index in [0.29, 0.717) is 22.4 Å². The number of benzene rings is 2. The van der Waals surface area contributed by atoms with Crippen molar-refractivity contribution in [1.29, 1.82) is 0 Å². The number of anilines is 1. The molecule has 1 aliphatic rings. The highest BCUT2D eigenvalue weighted by Gasteiger charge is 2.38. The quantitative estimate of drug-likeness (QED) is 0.642. The molecule has 0 radical (unpaired) electrons. The summed E-state index contributed by atoms with van der Waals surface area (Å²) in [6, 6.07) is 15.0. The summed E-state index contributed by atoms with van der Waals surface area (Å²) in [5.41, 5.74) is 1.96. The number of hydrogen-bond donors (Lipinski definition) is 0. The fourth-order valence-electron chi connectivity index (χ4n) is 3.53. The number of rotatable bonds is 2. The third kappa shape index (κ3) is 2.87. The van der Waals surface area contributed by atoms with Crippen molar-refractivity contribution >= 4 is 35.1 Å². The van der Waals surface area contributed by atoms with Crippen molar-refractivity contribution in [2.45, 2.75) is 25.4 Å². The second-order valence-electron chi connectivity index (χ2n) is 6.23. The van der Waals surface area contributed by atoms with Gasteiger partial charge in [0, 0.05) is 17.0 Å². The lowest BCUT2D eigenvalue weighted by Gasteiger charge is -2.38. The van der Waals surface area contributed by atoms with Crippen molar-refractivity contribution in [3.63, 3.8) is 0 Å². The summed E-state index contributed by atoms with van der Waals surface area (Å²) in [7, 11) is 0. The van der Waals surface area contributed by atoms with Crippen LogP contribution in [0.25, 0.3) is 0 Å². The number of nitrogens with zero attached hydrogens (tertiary/aromatic N) is 4. The van der Waals surface area contributed by atoms with Crippen LogP contribution in [0.3, 0.4) is 0 Å². The van der Waals surface area contributed by atoms with Gasteiger partial charge in [0.2, 0.25) is 11.9 Å². The van der Waals surface area contributed by atoms with Gasteiger partial charge in [0.1, 0.15) is 6.33 Å². The molecule has 0 unspecified atom stereocenters. The molecule has 7 heteroatoms. The van der Waals surface area contributed by atoms with Crippen LogP contribution in [0.5, 0.6) is 0 Å². The van der Waals surface area contributed by atoms with Crippen LogP contribution in [0.4, 0.5) is 5.95 Å². The molecule has 5 nitrogen and oxygen atoms in total. The molecule has 0 saturated heterocycles. The standard InChI is InChI=1S/C19H16Cl2N4O/c1-12(26)24-17(13-6-8-14(20)9-7-13)10-18(25-19(24)22-11-23-25)15-4-2-3-5-16(15)21/h2-9,11,17-18H,10H2,1H3/t17-,18+/m0/s1. The van der Waals surface area contributed by atoms with Crippen LogP contribution in [0.15, 0.2) is 54.9 Å². The summed E-state index contributed by atoms with van der Waals surface area (Å²) in [5.74, 6) is 0.436. The summed E-state index contributed by atoms with van der Waals surface area (Å²) in [6.07, 6.45) is 2.11. The Hall–Kier alpha value is -2.37. The van der Waals surface area contributed by atoms with E-state index in [-0.39, 0.29) is 18.0 Å². The summed E-state index contributed by atoms with van der Waals surface area (Å²) < 4.78 is 1.77. The van der Waals surface area contributed by atoms with Gasteiger partial charge in [-0.1, -0.05) is 53.5 Å². The van der Waals surface area contributed by atoms with Gasteiger partial charge < -0.3 is 0 Å². The second-order valence-corrected chi connectivity index (χ2v) is 7.08. The molecule has 26 heavy (non-hydrogen) atoms. The SMILES string of the molecule is CC(=O)N1c2ncnn2[C@@H](c2ccccc2Cl)C[C@H]1c1ccc(Cl)cc1. The molecule has 4 rings (SSSR count). The van der Waals surface area contributed by atoms with E-state index in [1.807, 2.05) is 48.5 Å². The predicted octanol–water partition coefficient (Wildman–Crippen LogP) is 4.67. The maximum absolute atomic E-state index is 12.4. The highest BCUT2D eigenvalue weighted by atomic mass is 35.5. The molecule has 132 valence electrons. The first-order chi connectivity index (χ1) is 12.6. The van der Waals surface area contributed by atoms with Crippen LogP contribution in [-0.2, 0) is 4.79 Å². The molecule has 0 fully saturated rings. The van der Waals surface area contributed by atoms with Crippen LogP contribution in [0.1, 0.15) is 36.6 Å². The Balaban J connectivity index is 1.86. The minimum Gasteiger partial charge on any atom is -0.275 e. The van der Waals surface area contributed by atoms with E-state index in [0.717, 1.165) is 11.1 Å². The van der Waals surface area contributed by atoms with E-state index in [1.165, 1.54) is 13.3 Å². The summed E-state index contributed by atoms with van der Waals surface area (Å²) in [5, 5.41) is 5.69. The fourth-order valence-corrected chi connectivity index (χ4v) is 3.91. The highest BCUT2D eigenvalue weighted by molar-refractivity contribution is 6.31. The maximum Gasteiger partial charge on any atom is 0.231 e. The minimum absolute atomic E-state index is 0.0863. The van der Waals surface area contributed by atoms with Crippen LogP contribution in [0.2, 0.25) is 10.0 Å². The predicted molar refractivity (Wildman–Crippen MR) is 102 cm³/mol. The van der Waals surface area contributed by atoms with Gasteiger partial charge in [0.15, 0.2) is 0 Å². The smallest absolute Gasteiger partial charge is 0.231 e. The summed E-state index contributed by atoms with van der Waals surface area (Å²) >= 11 is 12.5. The van der Waals surface area contributed by atoms with Crippen LogP contribution < -0.4 is 4.90 Å². The summed E-state index contributed by atoms with van der Waals surface area (Å²) in [6.45, 7) is 1.54. The van der Waals surface area contributed by atoms with E-state index in [1.54, 1.807) is 9.58 Å². The topological polar surface area (TPSA) is 51.0 Å². The largest absolute Gasteiger partial charge is 0.275 e. The molecule has 0 N–H and O–H groups in total. The normalized spacial score (nSPS) is 19.3. The van der Waals surface area contributed by atoms with E-state index in [4.69, 9.17) is 23.2 Å². The summed E-state index contributed by atoms with van der Waals surface area (Å²) in [4.78, 5) is 18.4. The van der Waals surface area contributed by atoms with Crippen LogP contribution >= 0.6 is 23.2 Å². The molecule has 1 amide bonds. The Bertz CT molecular complexity index is 954. The molecule has 3 aromatic rings. The van der Waals surface area contributed by atoms with Crippen LogP contribution in [0, 0.1) is 0 Å². The molecule has 0 spiro atoms. The fraction of sp³-hybridized carbons (Fsp3) is 0.211. The average Bonchev–Trinajstić information content (AvgIpc) is 3.11. The van der Waals surface area contributed by atoms with E-state index in [2.05, 4.69) is 10.1 Å². The first-order valence-electron chi connectivity index (χ1n) is 8.25. The molecule has 0 saturated carbocycles. The lowest BCUT2D eigenvalue weighted by atomic mass is 9.92. The number of carbonyl (C=O) groups excluding carboxylic acids is 1. The van der Waals surface area contributed by atoms with Crippen molar-refractivity contribution in [3.8, 4) is 0 Å². The Labute approximate surface area is 161 Å². The second kappa shape index (κ2) is 6.74. The van der Waals surface area contributed by atoms with Gasteiger partial charge in [0.05, 0.1) is 12.1 Å². The minimum atomic E-state index is -0.178. The van der Waals surface area contributed by atoms with E-state index in [9.17, 15) is 4.79 Å². The molecule has 1 aliphatic heterocycles. The number of halogens is 2. The first kappa shape index (κ1) is 17.1. The molecule has 0 bridgehead atoms. The highest BCUT2D eigenvalue weighted by Crippen LogP contribution is 2.43. The molecule has 2 atom stereocenters. The van der Waals surface area contributed by atoms with Gasteiger partial charge in [-0.15, -0.1) is 0 Å². The lowest BCUT2D eigenvalue weighted by Crippen LogP contribution is -2.41. The van der Waals surface area contributed by atoms with Crippen molar-refractivity contribution in [3.05, 3.63) is 76.0 Å². The Morgan fingerprint density at radius 3 is 2.50 bits per heavy atom. The maximum atomic E-state index is 12.4. The van der Waals surface area contributed by atoms with Gasteiger partial charge in [-0.2, -0.15) is 10.1 Å². The number of aromatic nitrogens is 3. The number of amides is 1. The van der Waals surface area contributed by atoms with Gasteiger partial charge in [-0.25, -0.2) is 4.68 Å². The Morgan fingerprint density at radius 1 is 1.08 bits per heavy atom. The molecule has 1 aromatic heterocycles. The van der Waals surface area contributed by atoms with Crippen molar-refractivity contribution in [1.82, 2.24) is 14.8 Å². The zero-order valence-electron chi connectivity index (χ0n) is 14.0. The zero-order chi connectivity index (χ0) is 18.3. The number of carbonyl (C=O) groups is 1. The Morgan fingerprint density at radius 2 is 1.81 bits per heavy atom. The first-order valence-corrected chi connectivity index (χ1v) is 9.01. The molecular formula is C19H16Cl2N4O. The van der Waals surface area contributed by atoms with Crippen LogP contribution in [-0.4, -0.2) is 20.7 Å². The van der Waals surface area contributed by atoms with Crippen molar-refractivity contribution in [2.75, 3.05) is 4.90 Å². The zero-order valence-corrected chi connectivity index (χ0v) is 15.5. The van der Waals surface area contributed by atoms with Crippen molar-refractivity contribution in [2.24, 2.45) is 0 Å².